The Bertz CT molecular complexity index is 1370. The summed E-state index contributed by atoms with van der Waals surface area (Å²) in [5, 5.41) is 12.6. The molecule has 1 heterocycles. The third kappa shape index (κ3) is 3.14. The zero-order valence-electron chi connectivity index (χ0n) is 16.1. The lowest BCUT2D eigenvalue weighted by molar-refractivity contribution is -0.384. The number of hydrogen-bond acceptors (Lipinski definition) is 2. The van der Waals surface area contributed by atoms with Crippen molar-refractivity contribution in [2.45, 2.75) is 0 Å². The van der Waals surface area contributed by atoms with Crippen LogP contribution in [0.15, 0.2) is 109 Å². The zero-order chi connectivity index (χ0) is 20.5. The molecule has 30 heavy (non-hydrogen) atoms. The van der Waals surface area contributed by atoms with Crippen LogP contribution in [-0.2, 0) is 0 Å². The van der Waals surface area contributed by atoms with Crippen molar-refractivity contribution < 1.29 is 4.92 Å². The minimum atomic E-state index is -0.331. The lowest BCUT2D eigenvalue weighted by atomic mass is 10.0. The van der Waals surface area contributed by atoms with Crippen LogP contribution in [0, 0.1) is 10.1 Å². The summed E-state index contributed by atoms with van der Waals surface area (Å²) in [6.45, 7) is 0. The van der Waals surface area contributed by atoms with Gasteiger partial charge in [0, 0.05) is 18.0 Å². The predicted octanol–water partition coefficient (Wildman–Crippen LogP) is 6.87. The zero-order valence-corrected chi connectivity index (χ0v) is 16.1. The highest BCUT2D eigenvalue weighted by molar-refractivity contribution is 5.88. The van der Waals surface area contributed by atoms with E-state index in [9.17, 15) is 10.1 Å². The summed E-state index contributed by atoms with van der Waals surface area (Å²) in [5.74, 6) is 0. The number of nitro groups is 1. The molecule has 0 fully saturated rings. The van der Waals surface area contributed by atoms with Crippen LogP contribution in [0.2, 0.25) is 0 Å². The molecule has 0 spiro atoms. The van der Waals surface area contributed by atoms with Crippen molar-refractivity contribution >= 4 is 16.6 Å². The lowest BCUT2D eigenvalue weighted by Gasteiger charge is -2.10. The molecule has 4 heteroatoms. The fourth-order valence-corrected chi connectivity index (χ4v) is 3.86. The Morgan fingerprint density at radius 2 is 1.43 bits per heavy atom. The fourth-order valence-electron chi connectivity index (χ4n) is 3.86. The molecule has 5 aromatic rings. The highest BCUT2D eigenvalue weighted by Gasteiger charge is 2.15. The van der Waals surface area contributed by atoms with Gasteiger partial charge in [-0.1, -0.05) is 66.7 Å². The van der Waals surface area contributed by atoms with Crippen LogP contribution in [0.1, 0.15) is 0 Å². The first-order valence-electron chi connectivity index (χ1n) is 9.71. The molecule has 0 aliphatic heterocycles. The monoisotopic (exact) mass is 390 g/mol. The van der Waals surface area contributed by atoms with Crippen molar-refractivity contribution in [2.24, 2.45) is 0 Å². The smallest absolute Gasteiger partial charge is 0.277 e. The van der Waals surface area contributed by atoms with E-state index in [1.54, 1.807) is 18.2 Å². The van der Waals surface area contributed by atoms with Gasteiger partial charge in [-0.15, -0.1) is 0 Å². The first-order chi connectivity index (χ1) is 14.7. The van der Waals surface area contributed by atoms with Crippen molar-refractivity contribution in [3.05, 3.63) is 119 Å². The largest absolute Gasteiger partial charge is 0.317 e. The molecule has 0 atom stereocenters. The Morgan fingerprint density at radius 1 is 0.667 bits per heavy atom. The Kier molecular flexibility index (Phi) is 4.37. The van der Waals surface area contributed by atoms with Gasteiger partial charge in [-0.3, -0.25) is 10.1 Å². The summed E-state index contributed by atoms with van der Waals surface area (Å²) in [6.07, 6.45) is 2.04. The van der Waals surface area contributed by atoms with E-state index in [0.717, 1.165) is 33.3 Å². The predicted molar refractivity (Wildman–Crippen MR) is 121 cm³/mol. The van der Waals surface area contributed by atoms with Crippen LogP contribution < -0.4 is 0 Å². The molecule has 144 valence electrons. The molecule has 5 rings (SSSR count). The second kappa shape index (κ2) is 7.33. The first kappa shape index (κ1) is 17.9. The highest BCUT2D eigenvalue weighted by atomic mass is 16.6. The topological polar surface area (TPSA) is 48.1 Å². The maximum absolute atomic E-state index is 11.5. The van der Waals surface area contributed by atoms with E-state index in [1.165, 1.54) is 0 Å². The lowest BCUT2D eigenvalue weighted by Crippen LogP contribution is -1.94. The minimum absolute atomic E-state index is 0.112. The SMILES string of the molecule is O=[N+]([O-])c1ccccc1-c1ccc2ccn(-c3cccc(-c4ccccc4)c3)c2c1. The van der Waals surface area contributed by atoms with E-state index in [-0.39, 0.29) is 10.6 Å². The van der Waals surface area contributed by atoms with E-state index in [1.807, 2.05) is 48.7 Å². The molecule has 0 unspecified atom stereocenters. The number of benzene rings is 4. The molecule has 0 radical (unpaired) electrons. The summed E-state index contributed by atoms with van der Waals surface area (Å²) in [5.41, 5.74) is 5.92. The first-order valence-corrected chi connectivity index (χ1v) is 9.71. The Hall–Kier alpha value is -4.18. The Balaban J connectivity index is 1.64. The average Bonchev–Trinajstić information content (AvgIpc) is 3.23. The van der Waals surface area contributed by atoms with E-state index < -0.39 is 0 Å². The third-order valence-corrected chi connectivity index (χ3v) is 5.34. The normalized spacial score (nSPS) is 10.9. The summed E-state index contributed by atoms with van der Waals surface area (Å²) in [7, 11) is 0. The van der Waals surface area contributed by atoms with Gasteiger partial charge in [0.1, 0.15) is 0 Å². The molecule has 0 bridgehead atoms. The molecule has 0 aliphatic rings. The van der Waals surface area contributed by atoms with Crippen molar-refractivity contribution in [3.63, 3.8) is 0 Å². The van der Waals surface area contributed by atoms with E-state index in [0.29, 0.717) is 5.56 Å². The molecule has 0 aliphatic carbocycles. The molecule has 0 saturated heterocycles. The third-order valence-electron chi connectivity index (χ3n) is 5.34. The second-order valence-electron chi connectivity index (χ2n) is 7.15. The summed E-state index contributed by atoms with van der Waals surface area (Å²) < 4.78 is 2.13. The number of nitrogens with zero attached hydrogens (tertiary/aromatic N) is 2. The fraction of sp³-hybridized carbons (Fsp3) is 0. The number of nitro benzene ring substituents is 1. The van der Waals surface area contributed by atoms with Gasteiger partial charge < -0.3 is 4.57 Å². The van der Waals surface area contributed by atoms with Gasteiger partial charge in [-0.25, -0.2) is 0 Å². The van der Waals surface area contributed by atoms with Crippen molar-refractivity contribution in [2.75, 3.05) is 0 Å². The Labute approximate surface area is 173 Å². The van der Waals surface area contributed by atoms with Gasteiger partial charge in [0.05, 0.1) is 16.0 Å². The van der Waals surface area contributed by atoms with E-state index in [2.05, 4.69) is 47.0 Å². The standard InChI is InChI=1S/C26H18N2O2/c29-28(30)25-12-5-4-11-24(25)22-14-13-20-15-16-27(26(20)18-22)23-10-6-9-21(17-23)19-7-2-1-3-8-19/h1-18H. The molecular weight excluding hydrogens is 372 g/mol. The molecule has 1 aromatic heterocycles. The molecule has 4 nitrogen and oxygen atoms in total. The van der Waals surface area contributed by atoms with Gasteiger partial charge in [0.2, 0.25) is 0 Å². The quantitative estimate of drug-likeness (QED) is 0.248. The number of fused-ring (bicyclic) bond motifs is 1. The average molecular weight is 390 g/mol. The number of para-hydroxylation sites is 1. The molecule has 4 aromatic carbocycles. The van der Waals surface area contributed by atoms with E-state index >= 15 is 0 Å². The number of hydrogen-bond donors (Lipinski definition) is 0. The van der Waals surface area contributed by atoms with Crippen LogP contribution >= 0.6 is 0 Å². The highest BCUT2D eigenvalue weighted by Crippen LogP contribution is 2.33. The van der Waals surface area contributed by atoms with Crippen LogP contribution in [-0.4, -0.2) is 9.49 Å². The van der Waals surface area contributed by atoms with Crippen molar-refractivity contribution in [1.29, 1.82) is 0 Å². The van der Waals surface area contributed by atoms with Gasteiger partial charge in [0.25, 0.3) is 5.69 Å². The Morgan fingerprint density at radius 3 is 2.27 bits per heavy atom. The summed E-state index contributed by atoms with van der Waals surface area (Å²) >= 11 is 0. The van der Waals surface area contributed by atoms with Gasteiger partial charge in [0.15, 0.2) is 0 Å². The maximum Gasteiger partial charge on any atom is 0.277 e. The molecular formula is C26H18N2O2. The van der Waals surface area contributed by atoms with Crippen molar-refractivity contribution in [3.8, 4) is 27.9 Å². The van der Waals surface area contributed by atoms with Gasteiger partial charge in [-0.2, -0.15) is 0 Å². The van der Waals surface area contributed by atoms with Gasteiger partial charge >= 0.3 is 0 Å². The summed E-state index contributed by atoms with van der Waals surface area (Å²) in [4.78, 5) is 11.1. The summed E-state index contributed by atoms with van der Waals surface area (Å²) in [6, 6.07) is 33.6. The number of aromatic nitrogens is 1. The van der Waals surface area contributed by atoms with Crippen LogP contribution in [0.4, 0.5) is 5.69 Å². The van der Waals surface area contributed by atoms with Gasteiger partial charge in [-0.05, 0) is 52.4 Å². The van der Waals surface area contributed by atoms with Crippen LogP contribution in [0.25, 0.3) is 38.8 Å². The molecule has 0 N–H and O–H groups in total. The van der Waals surface area contributed by atoms with E-state index in [4.69, 9.17) is 0 Å². The van der Waals surface area contributed by atoms with Crippen molar-refractivity contribution in [1.82, 2.24) is 4.57 Å². The molecule has 0 amide bonds. The number of rotatable bonds is 4. The second-order valence-corrected chi connectivity index (χ2v) is 7.15. The van der Waals surface area contributed by atoms with Crippen LogP contribution in [0.3, 0.4) is 0 Å². The van der Waals surface area contributed by atoms with Crippen LogP contribution in [0.5, 0.6) is 0 Å². The molecule has 0 saturated carbocycles. The minimum Gasteiger partial charge on any atom is -0.317 e. The maximum atomic E-state index is 11.5.